The fourth-order valence-electron chi connectivity index (χ4n) is 8.94. The maximum Gasteiger partial charge on any atom is 0.227 e. The number of furan rings is 1. The molecule has 2 aliphatic rings. The molecule has 0 amide bonds. The van der Waals surface area contributed by atoms with E-state index in [0.29, 0.717) is 5.89 Å². The van der Waals surface area contributed by atoms with Gasteiger partial charge in [0.25, 0.3) is 0 Å². The highest BCUT2D eigenvalue weighted by molar-refractivity contribution is 6.16. The largest absolute Gasteiger partial charge is 0.485 e. The van der Waals surface area contributed by atoms with E-state index in [4.69, 9.17) is 18.6 Å². The van der Waals surface area contributed by atoms with Crippen molar-refractivity contribution >= 4 is 61.2 Å². The number of para-hydroxylation sites is 1. The molecule has 0 saturated carbocycles. The van der Waals surface area contributed by atoms with Crippen LogP contribution in [0.1, 0.15) is 17.5 Å². The Kier molecular flexibility index (Phi) is 7.91. The van der Waals surface area contributed by atoms with Gasteiger partial charge in [0.1, 0.15) is 28.5 Å². The van der Waals surface area contributed by atoms with Gasteiger partial charge in [-0.25, -0.2) is 4.98 Å². The molecule has 1 aliphatic carbocycles. The summed E-state index contributed by atoms with van der Waals surface area (Å²) in [6, 6.07) is 65.8. The second kappa shape index (κ2) is 13.9. The zero-order valence-electron chi connectivity index (χ0n) is 32.5. The second-order valence-corrected chi connectivity index (χ2v) is 15.4. The highest BCUT2D eigenvalue weighted by atomic mass is 16.5. The summed E-state index contributed by atoms with van der Waals surface area (Å²) in [4.78, 5) is 7.13. The number of ether oxygens (including phenoxy) is 1. The Morgan fingerprint density at radius 2 is 1.17 bits per heavy atom. The van der Waals surface area contributed by atoms with Gasteiger partial charge in [0.2, 0.25) is 5.89 Å². The van der Waals surface area contributed by atoms with Gasteiger partial charge >= 0.3 is 0 Å². The molecule has 2 aromatic heterocycles. The molecule has 3 heterocycles. The maximum atomic E-state index is 6.45. The number of oxazole rings is 1. The van der Waals surface area contributed by atoms with Crippen molar-refractivity contribution in [2.24, 2.45) is 0 Å². The average molecular weight is 773 g/mol. The monoisotopic (exact) mass is 772 g/mol. The quantitative estimate of drug-likeness (QED) is 0.161. The van der Waals surface area contributed by atoms with Crippen LogP contribution in [-0.4, -0.2) is 11.1 Å². The first-order valence-corrected chi connectivity index (χ1v) is 20.4. The van der Waals surface area contributed by atoms with Crippen LogP contribution in [0.3, 0.4) is 0 Å². The third-order valence-electron chi connectivity index (χ3n) is 11.8. The van der Waals surface area contributed by atoms with E-state index < -0.39 is 0 Å². The van der Waals surface area contributed by atoms with Gasteiger partial charge in [-0.15, -0.1) is 0 Å². The van der Waals surface area contributed by atoms with E-state index in [2.05, 4.69) is 157 Å². The molecule has 60 heavy (non-hydrogen) atoms. The van der Waals surface area contributed by atoms with Gasteiger partial charge in [-0.3, -0.25) is 0 Å². The Morgan fingerprint density at radius 1 is 0.500 bits per heavy atom. The van der Waals surface area contributed by atoms with Crippen molar-refractivity contribution in [2.75, 3.05) is 4.90 Å². The fourth-order valence-corrected chi connectivity index (χ4v) is 8.94. The van der Waals surface area contributed by atoms with Crippen LogP contribution in [0.4, 0.5) is 17.1 Å². The summed E-state index contributed by atoms with van der Waals surface area (Å²) in [5.41, 5.74) is 16.6. The fraction of sp³-hybridized carbons (Fsp3) is 0.0364. The highest BCUT2D eigenvalue weighted by Gasteiger charge is 2.32. The maximum absolute atomic E-state index is 6.45. The van der Waals surface area contributed by atoms with E-state index in [1.165, 1.54) is 27.8 Å². The average Bonchev–Trinajstić information content (AvgIpc) is 4.04. The van der Waals surface area contributed by atoms with Crippen molar-refractivity contribution in [3.05, 3.63) is 211 Å². The SMILES string of the molecule is C1=CC(c2cccc(N(c3ccc(-c4ccccc4)cc3)c3ccc(-c4ccc5c(c4)oc4ccc6nc(-c7ccccc7)oc6c45)cc3)c2)=C2c3ccccc3OC2C1. The van der Waals surface area contributed by atoms with Crippen molar-refractivity contribution in [3.8, 4) is 39.5 Å². The lowest BCUT2D eigenvalue weighted by Crippen LogP contribution is -2.14. The summed E-state index contributed by atoms with van der Waals surface area (Å²) < 4.78 is 19.2. The van der Waals surface area contributed by atoms with Crippen LogP contribution in [0.25, 0.3) is 77.9 Å². The molecule has 1 aliphatic heterocycles. The van der Waals surface area contributed by atoms with Gasteiger partial charge in [0.05, 0.1) is 5.39 Å². The van der Waals surface area contributed by atoms with Crippen LogP contribution in [0.15, 0.2) is 209 Å². The van der Waals surface area contributed by atoms with E-state index in [0.717, 1.165) is 84.5 Å². The molecule has 0 spiro atoms. The number of allylic oxidation sites excluding steroid dienone is 2. The number of nitrogens with zero attached hydrogens (tertiary/aromatic N) is 2. The molecule has 1 unspecified atom stereocenters. The molecule has 8 aromatic carbocycles. The van der Waals surface area contributed by atoms with Crippen LogP contribution in [0.2, 0.25) is 0 Å². The predicted octanol–water partition coefficient (Wildman–Crippen LogP) is 14.8. The van der Waals surface area contributed by atoms with Crippen LogP contribution < -0.4 is 9.64 Å². The normalized spacial score (nSPS) is 14.4. The smallest absolute Gasteiger partial charge is 0.227 e. The predicted molar refractivity (Wildman–Crippen MR) is 244 cm³/mol. The minimum Gasteiger partial charge on any atom is -0.485 e. The van der Waals surface area contributed by atoms with Crippen molar-refractivity contribution in [1.82, 2.24) is 4.98 Å². The minimum absolute atomic E-state index is 0.0228. The summed E-state index contributed by atoms with van der Waals surface area (Å²) in [6.45, 7) is 0. The highest BCUT2D eigenvalue weighted by Crippen LogP contribution is 2.47. The molecule has 0 fully saturated rings. The van der Waals surface area contributed by atoms with E-state index in [9.17, 15) is 0 Å². The van der Waals surface area contributed by atoms with Crippen molar-refractivity contribution in [3.63, 3.8) is 0 Å². The molecule has 0 saturated heterocycles. The molecule has 284 valence electrons. The lowest BCUT2D eigenvalue weighted by Gasteiger charge is -2.27. The van der Waals surface area contributed by atoms with Crippen LogP contribution in [-0.2, 0) is 0 Å². The van der Waals surface area contributed by atoms with Crippen LogP contribution in [0, 0.1) is 0 Å². The lowest BCUT2D eigenvalue weighted by molar-refractivity contribution is 0.279. The number of fused-ring (bicyclic) bond motifs is 8. The number of aromatic nitrogens is 1. The summed E-state index contributed by atoms with van der Waals surface area (Å²) in [5, 5.41) is 1.94. The number of rotatable bonds is 7. The van der Waals surface area contributed by atoms with Gasteiger partial charge < -0.3 is 18.5 Å². The topological polar surface area (TPSA) is 51.6 Å². The summed E-state index contributed by atoms with van der Waals surface area (Å²) in [6.07, 6.45) is 5.39. The first-order valence-electron chi connectivity index (χ1n) is 20.4. The number of hydrogen-bond donors (Lipinski definition) is 0. The Labute approximate surface area is 346 Å². The minimum atomic E-state index is 0.0228. The second-order valence-electron chi connectivity index (χ2n) is 15.4. The molecular formula is C55H36N2O3. The van der Waals surface area contributed by atoms with Gasteiger partial charge in [0.15, 0.2) is 5.58 Å². The van der Waals surface area contributed by atoms with Crippen LogP contribution in [0.5, 0.6) is 5.75 Å². The Bertz CT molecular complexity index is 3300. The molecule has 0 N–H and O–H groups in total. The van der Waals surface area contributed by atoms with E-state index in [1.54, 1.807) is 0 Å². The Hall–Kier alpha value is -7.89. The zero-order valence-corrected chi connectivity index (χ0v) is 32.5. The first kappa shape index (κ1) is 34.2. The van der Waals surface area contributed by atoms with E-state index in [1.807, 2.05) is 48.5 Å². The molecular weight excluding hydrogens is 737 g/mol. The third-order valence-corrected chi connectivity index (χ3v) is 11.8. The summed E-state index contributed by atoms with van der Waals surface area (Å²) in [5.74, 6) is 1.56. The van der Waals surface area contributed by atoms with Crippen molar-refractivity contribution < 1.29 is 13.6 Å². The molecule has 5 heteroatoms. The molecule has 0 bridgehead atoms. The van der Waals surface area contributed by atoms with Gasteiger partial charge in [-0.2, -0.15) is 0 Å². The zero-order chi connectivity index (χ0) is 39.6. The number of hydrogen-bond acceptors (Lipinski definition) is 5. The van der Waals surface area contributed by atoms with Crippen molar-refractivity contribution in [2.45, 2.75) is 12.5 Å². The first-order chi connectivity index (χ1) is 29.7. The van der Waals surface area contributed by atoms with Gasteiger partial charge in [-0.1, -0.05) is 121 Å². The molecule has 1 atom stereocenters. The van der Waals surface area contributed by atoms with Crippen molar-refractivity contribution in [1.29, 1.82) is 0 Å². The molecule has 10 aromatic rings. The summed E-state index contributed by atoms with van der Waals surface area (Å²) in [7, 11) is 0. The number of anilines is 3. The lowest BCUT2D eigenvalue weighted by atomic mass is 9.87. The van der Waals surface area contributed by atoms with Gasteiger partial charge in [0, 0.05) is 45.6 Å². The Balaban J connectivity index is 0.927. The number of benzene rings is 8. The molecule has 12 rings (SSSR count). The molecule has 5 nitrogen and oxygen atoms in total. The Morgan fingerprint density at radius 3 is 1.95 bits per heavy atom. The van der Waals surface area contributed by atoms with E-state index >= 15 is 0 Å². The van der Waals surface area contributed by atoms with Crippen LogP contribution >= 0.6 is 0 Å². The third kappa shape index (κ3) is 5.74. The standard InChI is InChI=1S/C55H36N2O3/c1-3-11-35(12-4-1)36-21-26-41(27-22-36)57(43-16-9-15-40(33-43)44-18-10-20-49-52(44)45-17-7-8-19-48(45)58-49)42-28-23-37(24-29-42)39-25-30-46-51(34-39)59-50-32-31-47-54(53(46)50)60-55(56-47)38-13-5-2-6-14-38/h1-19,21-34,49H,20H2. The van der Waals surface area contributed by atoms with Gasteiger partial charge in [-0.05, 0) is 112 Å². The van der Waals surface area contributed by atoms with E-state index in [-0.39, 0.29) is 6.10 Å². The summed E-state index contributed by atoms with van der Waals surface area (Å²) >= 11 is 0. The molecule has 0 radical (unpaired) electrons.